The lowest BCUT2D eigenvalue weighted by Crippen LogP contribution is -2.19. The van der Waals surface area contributed by atoms with Crippen molar-refractivity contribution in [1.82, 2.24) is 4.98 Å². The van der Waals surface area contributed by atoms with Crippen molar-refractivity contribution in [3.05, 3.63) is 32.7 Å². The van der Waals surface area contributed by atoms with E-state index in [0.717, 1.165) is 30.5 Å². The summed E-state index contributed by atoms with van der Waals surface area (Å²) in [5, 5.41) is 0. The summed E-state index contributed by atoms with van der Waals surface area (Å²) in [7, 11) is 0. The van der Waals surface area contributed by atoms with E-state index in [1.165, 1.54) is 30.4 Å². The SMILES string of the molecule is CCc1c2c(c(C)[nH]c1=O)CCCCC2. The molecule has 15 heavy (non-hydrogen) atoms. The lowest BCUT2D eigenvalue weighted by molar-refractivity contribution is 0.710. The van der Waals surface area contributed by atoms with Crippen LogP contribution in [0.4, 0.5) is 0 Å². The van der Waals surface area contributed by atoms with Gasteiger partial charge in [0, 0.05) is 11.3 Å². The monoisotopic (exact) mass is 205 g/mol. The molecule has 0 radical (unpaired) electrons. The highest BCUT2D eigenvalue weighted by Gasteiger charge is 2.16. The van der Waals surface area contributed by atoms with Crippen LogP contribution in [0.25, 0.3) is 0 Å². The molecule has 1 aliphatic rings. The average molecular weight is 205 g/mol. The van der Waals surface area contributed by atoms with Gasteiger partial charge in [0.05, 0.1) is 0 Å². The number of hydrogen-bond acceptors (Lipinski definition) is 1. The zero-order chi connectivity index (χ0) is 10.8. The standard InChI is InChI=1S/C13H19NO/c1-3-10-12-8-6-4-5-7-11(12)9(2)14-13(10)15/h3-8H2,1-2H3,(H,14,15). The summed E-state index contributed by atoms with van der Waals surface area (Å²) in [5.74, 6) is 0. The van der Waals surface area contributed by atoms with Crippen molar-refractivity contribution in [3.63, 3.8) is 0 Å². The first kappa shape index (κ1) is 10.5. The molecule has 2 nitrogen and oxygen atoms in total. The Hall–Kier alpha value is -1.05. The van der Waals surface area contributed by atoms with E-state index in [9.17, 15) is 4.79 Å². The van der Waals surface area contributed by atoms with Gasteiger partial charge in [0.15, 0.2) is 0 Å². The van der Waals surface area contributed by atoms with Crippen LogP contribution in [0.2, 0.25) is 0 Å². The summed E-state index contributed by atoms with van der Waals surface area (Å²) in [6.07, 6.45) is 6.91. The third kappa shape index (κ3) is 1.85. The molecule has 0 saturated carbocycles. The molecule has 0 saturated heterocycles. The molecular weight excluding hydrogens is 186 g/mol. The van der Waals surface area contributed by atoms with Crippen molar-refractivity contribution in [2.75, 3.05) is 0 Å². The molecule has 1 aliphatic carbocycles. The maximum atomic E-state index is 11.8. The summed E-state index contributed by atoms with van der Waals surface area (Å²) >= 11 is 0. The summed E-state index contributed by atoms with van der Waals surface area (Å²) in [6.45, 7) is 4.11. The second-order valence-electron chi connectivity index (χ2n) is 4.43. The zero-order valence-electron chi connectivity index (χ0n) is 9.65. The van der Waals surface area contributed by atoms with Gasteiger partial charge < -0.3 is 4.98 Å². The Kier molecular flexibility index (Phi) is 2.94. The van der Waals surface area contributed by atoms with E-state index in [4.69, 9.17) is 0 Å². The van der Waals surface area contributed by atoms with E-state index in [-0.39, 0.29) is 5.56 Å². The van der Waals surface area contributed by atoms with Crippen LogP contribution in [0.3, 0.4) is 0 Å². The van der Waals surface area contributed by atoms with Crippen LogP contribution in [-0.4, -0.2) is 4.98 Å². The normalized spacial score (nSPS) is 15.9. The topological polar surface area (TPSA) is 32.9 Å². The number of aromatic nitrogens is 1. The van der Waals surface area contributed by atoms with Crippen molar-refractivity contribution in [2.24, 2.45) is 0 Å². The molecule has 0 bridgehead atoms. The van der Waals surface area contributed by atoms with Crippen LogP contribution >= 0.6 is 0 Å². The van der Waals surface area contributed by atoms with Crippen molar-refractivity contribution >= 4 is 0 Å². The summed E-state index contributed by atoms with van der Waals surface area (Å²) in [5.41, 5.74) is 5.03. The lowest BCUT2D eigenvalue weighted by atomic mass is 9.96. The molecule has 1 aromatic rings. The van der Waals surface area contributed by atoms with Gasteiger partial charge in [0.1, 0.15) is 0 Å². The van der Waals surface area contributed by atoms with Crippen LogP contribution in [0, 0.1) is 6.92 Å². The fraction of sp³-hybridized carbons (Fsp3) is 0.615. The Morgan fingerprint density at radius 2 is 1.80 bits per heavy atom. The minimum absolute atomic E-state index is 0.135. The van der Waals surface area contributed by atoms with Gasteiger partial charge in [-0.1, -0.05) is 13.3 Å². The molecule has 0 aliphatic heterocycles. The summed E-state index contributed by atoms with van der Waals surface area (Å²) in [6, 6.07) is 0. The van der Waals surface area contributed by atoms with Crippen molar-refractivity contribution in [2.45, 2.75) is 52.4 Å². The number of rotatable bonds is 1. The quantitative estimate of drug-likeness (QED) is 0.702. The van der Waals surface area contributed by atoms with Gasteiger partial charge in [-0.15, -0.1) is 0 Å². The van der Waals surface area contributed by atoms with Gasteiger partial charge in [-0.3, -0.25) is 4.79 Å². The Morgan fingerprint density at radius 3 is 2.47 bits per heavy atom. The second kappa shape index (κ2) is 4.21. The highest BCUT2D eigenvalue weighted by molar-refractivity contribution is 5.37. The number of fused-ring (bicyclic) bond motifs is 1. The Bertz CT molecular complexity index is 417. The predicted octanol–water partition coefficient (Wildman–Crippen LogP) is 2.51. The van der Waals surface area contributed by atoms with Gasteiger partial charge in [-0.2, -0.15) is 0 Å². The molecule has 0 amide bonds. The Labute approximate surface area is 90.7 Å². The fourth-order valence-electron chi connectivity index (χ4n) is 2.66. The Balaban J connectivity index is 2.63. The molecule has 1 aromatic heterocycles. The number of pyridine rings is 1. The molecule has 0 spiro atoms. The van der Waals surface area contributed by atoms with Crippen LogP contribution in [-0.2, 0) is 19.3 Å². The van der Waals surface area contributed by atoms with E-state index in [1.807, 2.05) is 6.92 Å². The molecule has 1 N–H and O–H groups in total. The van der Waals surface area contributed by atoms with E-state index >= 15 is 0 Å². The fourth-order valence-corrected chi connectivity index (χ4v) is 2.66. The minimum Gasteiger partial charge on any atom is -0.326 e. The first-order valence-corrected chi connectivity index (χ1v) is 5.97. The smallest absolute Gasteiger partial charge is 0.251 e. The molecule has 1 heterocycles. The molecular formula is C13H19NO. The molecule has 0 fully saturated rings. The largest absolute Gasteiger partial charge is 0.326 e. The van der Waals surface area contributed by atoms with Crippen molar-refractivity contribution in [3.8, 4) is 0 Å². The van der Waals surface area contributed by atoms with E-state index < -0.39 is 0 Å². The van der Waals surface area contributed by atoms with E-state index in [2.05, 4.69) is 11.9 Å². The van der Waals surface area contributed by atoms with Crippen molar-refractivity contribution in [1.29, 1.82) is 0 Å². The van der Waals surface area contributed by atoms with Gasteiger partial charge in [-0.25, -0.2) is 0 Å². The molecule has 0 unspecified atom stereocenters. The number of aromatic amines is 1. The van der Waals surface area contributed by atoms with E-state index in [1.54, 1.807) is 0 Å². The first-order chi connectivity index (χ1) is 7.24. The minimum atomic E-state index is 0.135. The van der Waals surface area contributed by atoms with Gasteiger partial charge in [-0.05, 0) is 50.2 Å². The Morgan fingerprint density at radius 1 is 1.13 bits per heavy atom. The highest BCUT2D eigenvalue weighted by Crippen LogP contribution is 2.23. The second-order valence-corrected chi connectivity index (χ2v) is 4.43. The first-order valence-electron chi connectivity index (χ1n) is 5.97. The molecule has 0 aromatic carbocycles. The molecule has 82 valence electrons. The van der Waals surface area contributed by atoms with Crippen LogP contribution in [0.1, 0.15) is 48.6 Å². The van der Waals surface area contributed by atoms with Gasteiger partial charge in [0.25, 0.3) is 5.56 Å². The van der Waals surface area contributed by atoms with Crippen LogP contribution in [0.15, 0.2) is 4.79 Å². The number of nitrogens with one attached hydrogen (secondary N) is 1. The van der Waals surface area contributed by atoms with Crippen LogP contribution in [0.5, 0.6) is 0 Å². The summed E-state index contributed by atoms with van der Waals surface area (Å²) < 4.78 is 0. The average Bonchev–Trinajstić information content (AvgIpc) is 2.44. The maximum Gasteiger partial charge on any atom is 0.251 e. The third-order valence-electron chi connectivity index (χ3n) is 3.46. The van der Waals surface area contributed by atoms with Crippen LogP contribution < -0.4 is 5.56 Å². The molecule has 2 rings (SSSR count). The number of aryl methyl sites for hydroxylation is 1. The highest BCUT2D eigenvalue weighted by atomic mass is 16.1. The number of H-pyrrole nitrogens is 1. The van der Waals surface area contributed by atoms with Gasteiger partial charge >= 0.3 is 0 Å². The summed E-state index contributed by atoms with van der Waals surface area (Å²) in [4.78, 5) is 14.8. The molecule has 2 heteroatoms. The molecule has 0 atom stereocenters. The predicted molar refractivity (Wildman–Crippen MR) is 62.4 cm³/mol. The lowest BCUT2D eigenvalue weighted by Gasteiger charge is -2.12. The zero-order valence-corrected chi connectivity index (χ0v) is 9.65. The third-order valence-corrected chi connectivity index (χ3v) is 3.46. The maximum absolute atomic E-state index is 11.8. The van der Waals surface area contributed by atoms with Crippen molar-refractivity contribution < 1.29 is 0 Å². The van der Waals surface area contributed by atoms with Gasteiger partial charge in [0.2, 0.25) is 0 Å². The number of hydrogen-bond donors (Lipinski definition) is 1. The van der Waals surface area contributed by atoms with E-state index in [0.29, 0.717) is 0 Å².